The molecule has 0 aromatic heterocycles. The van der Waals surface area contributed by atoms with Crippen molar-refractivity contribution in [1.29, 1.82) is 0 Å². The van der Waals surface area contributed by atoms with E-state index < -0.39 is 11.9 Å². The number of esters is 1. The first-order valence-corrected chi connectivity index (χ1v) is 8.81. The van der Waals surface area contributed by atoms with Gasteiger partial charge in [0.25, 0.3) is 0 Å². The molecule has 0 saturated carbocycles. The molecule has 0 radical (unpaired) electrons. The van der Waals surface area contributed by atoms with Crippen LogP contribution >= 0.6 is 0 Å². The molecule has 132 valence electrons. The van der Waals surface area contributed by atoms with Crippen LogP contribution in [0.5, 0.6) is 0 Å². The minimum atomic E-state index is -1.12. The highest BCUT2D eigenvalue weighted by atomic mass is 16.5. The highest BCUT2D eigenvalue weighted by molar-refractivity contribution is 6.02. The molecule has 4 nitrogen and oxygen atoms in total. The summed E-state index contributed by atoms with van der Waals surface area (Å²) in [5, 5.41) is 9.06. The first-order valence-electron chi connectivity index (χ1n) is 8.81. The molecular weight excluding hydrogens is 304 g/mol. The fourth-order valence-corrected chi connectivity index (χ4v) is 2.38. The molecule has 0 aliphatic heterocycles. The molecule has 0 amide bonds. The van der Waals surface area contributed by atoms with Crippen LogP contribution in [-0.4, -0.2) is 23.7 Å². The van der Waals surface area contributed by atoms with E-state index in [0.717, 1.165) is 25.7 Å². The van der Waals surface area contributed by atoms with Gasteiger partial charge in [0.1, 0.15) is 0 Å². The Balaban J connectivity index is 2.16. The average Bonchev–Trinajstić information content (AvgIpc) is 2.59. The van der Waals surface area contributed by atoms with Gasteiger partial charge in [0, 0.05) is 0 Å². The smallest absolute Gasteiger partial charge is 0.339 e. The number of rotatable bonds is 12. The molecule has 0 aliphatic carbocycles. The van der Waals surface area contributed by atoms with E-state index in [1.54, 1.807) is 12.1 Å². The molecule has 0 aliphatic rings. The average molecular weight is 332 g/mol. The predicted octanol–water partition coefficient (Wildman–Crippen LogP) is 5.24. The van der Waals surface area contributed by atoms with Crippen molar-refractivity contribution >= 4 is 11.9 Å². The zero-order chi connectivity index (χ0) is 17.6. The van der Waals surface area contributed by atoms with Crippen molar-refractivity contribution in [3.63, 3.8) is 0 Å². The van der Waals surface area contributed by atoms with Crippen LogP contribution in [0.4, 0.5) is 0 Å². The first kappa shape index (κ1) is 19.9. The van der Waals surface area contributed by atoms with Crippen molar-refractivity contribution in [3.8, 4) is 0 Å². The van der Waals surface area contributed by atoms with E-state index in [-0.39, 0.29) is 11.1 Å². The number of benzene rings is 1. The standard InChI is InChI=1S/C20H28O4/c1-2-3-4-5-6-7-8-9-10-13-16-24-20(23)18-15-12-11-14-17(18)19(21)22/h7-8,11-12,14-15H,2-6,9-10,13,16H2,1H3,(H,21,22)/b8-7+. The molecule has 4 heteroatoms. The number of carboxylic acids is 1. The first-order chi connectivity index (χ1) is 11.7. The summed E-state index contributed by atoms with van der Waals surface area (Å²) in [4.78, 5) is 23.0. The molecule has 0 saturated heterocycles. The van der Waals surface area contributed by atoms with Gasteiger partial charge in [-0.1, -0.05) is 50.5 Å². The lowest BCUT2D eigenvalue weighted by atomic mass is 10.1. The monoisotopic (exact) mass is 332 g/mol. The molecule has 0 unspecified atom stereocenters. The molecule has 24 heavy (non-hydrogen) atoms. The Morgan fingerprint density at radius 3 is 2.21 bits per heavy atom. The minimum absolute atomic E-state index is 0.0199. The summed E-state index contributed by atoms with van der Waals surface area (Å²) < 4.78 is 5.16. The van der Waals surface area contributed by atoms with Gasteiger partial charge in [0.2, 0.25) is 0 Å². The molecule has 1 rings (SSSR count). The number of carbonyl (C=O) groups is 2. The lowest BCUT2D eigenvalue weighted by Crippen LogP contribution is -2.12. The normalized spacial score (nSPS) is 10.9. The van der Waals surface area contributed by atoms with E-state index in [0.29, 0.717) is 6.61 Å². The minimum Gasteiger partial charge on any atom is -0.478 e. The van der Waals surface area contributed by atoms with Crippen molar-refractivity contribution in [2.75, 3.05) is 6.61 Å². The van der Waals surface area contributed by atoms with Crippen LogP contribution in [-0.2, 0) is 4.74 Å². The molecule has 1 N–H and O–H groups in total. The largest absolute Gasteiger partial charge is 0.478 e. The van der Waals surface area contributed by atoms with E-state index in [2.05, 4.69) is 19.1 Å². The number of aromatic carboxylic acids is 1. The fraction of sp³-hybridized carbons (Fsp3) is 0.500. The predicted molar refractivity (Wildman–Crippen MR) is 95.4 cm³/mol. The Kier molecular flexibility index (Phi) is 10.3. The second-order valence-corrected chi connectivity index (χ2v) is 5.80. The van der Waals surface area contributed by atoms with Crippen molar-refractivity contribution in [1.82, 2.24) is 0 Å². The van der Waals surface area contributed by atoms with Gasteiger partial charge < -0.3 is 9.84 Å². The van der Waals surface area contributed by atoms with Crippen LogP contribution in [0.1, 0.15) is 79.0 Å². The molecule has 0 spiro atoms. The van der Waals surface area contributed by atoms with Crippen molar-refractivity contribution in [2.45, 2.75) is 58.3 Å². The number of ether oxygens (including phenoxy) is 1. The lowest BCUT2D eigenvalue weighted by molar-refractivity contribution is 0.0488. The summed E-state index contributed by atoms with van der Waals surface area (Å²) >= 11 is 0. The topological polar surface area (TPSA) is 63.6 Å². The Hall–Kier alpha value is -2.10. The maximum atomic E-state index is 11.9. The zero-order valence-corrected chi connectivity index (χ0v) is 14.5. The van der Waals surface area contributed by atoms with Gasteiger partial charge in [-0.2, -0.15) is 0 Å². The summed E-state index contributed by atoms with van der Waals surface area (Å²) in [5.41, 5.74) is 0.0884. The molecular formula is C20H28O4. The van der Waals surface area contributed by atoms with Gasteiger partial charge >= 0.3 is 11.9 Å². The van der Waals surface area contributed by atoms with E-state index in [9.17, 15) is 9.59 Å². The SMILES string of the molecule is CCCCCC/C=C/CCCCOC(=O)c1ccccc1C(=O)O. The summed E-state index contributed by atoms with van der Waals surface area (Å²) in [5.74, 6) is -1.69. The number of unbranched alkanes of at least 4 members (excludes halogenated alkanes) is 6. The third kappa shape index (κ3) is 7.95. The number of hydrogen-bond acceptors (Lipinski definition) is 3. The Bertz CT molecular complexity index is 534. The molecule has 1 aromatic carbocycles. The quantitative estimate of drug-likeness (QED) is 0.323. The van der Waals surface area contributed by atoms with Gasteiger partial charge in [-0.25, -0.2) is 9.59 Å². The molecule has 0 fully saturated rings. The summed E-state index contributed by atoms with van der Waals surface area (Å²) in [6.45, 7) is 2.53. The highest BCUT2D eigenvalue weighted by Gasteiger charge is 2.16. The van der Waals surface area contributed by atoms with Crippen LogP contribution < -0.4 is 0 Å². The molecule has 0 bridgehead atoms. The maximum Gasteiger partial charge on any atom is 0.339 e. The van der Waals surface area contributed by atoms with Crippen LogP contribution in [0.25, 0.3) is 0 Å². The zero-order valence-electron chi connectivity index (χ0n) is 14.5. The summed E-state index contributed by atoms with van der Waals surface area (Å²) in [7, 11) is 0. The second-order valence-electron chi connectivity index (χ2n) is 5.80. The van der Waals surface area contributed by atoms with Gasteiger partial charge in [-0.3, -0.25) is 0 Å². The Morgan fingerprint density at radius 1 is 0.958 bits per heavy atom. The van der Waals surface area contributed by atoms with Gasteiger partial charge in [0.05, 0.1) is 17.7 Å². The highest BCUT2D eigenvalue weighted by Crippen LogP contribution is 2.11. The molecule has 0 atom stereocenters. The van der Waals surface area contributed by atoms with Crippen LogP contribution in [0.3, 0.4) is 0 Å². The number of carboxylic acid groups (broad SMARTS) is 1. The van der Waals surface area contributed by atoms with E-state index in [1.807, 2.05) is 0 Å². The number of hydrogen-bond donors (Lipinski definition) is 1. The number of carbonyl (C=O) groups excluding carboxylic acids is 1. The summed E-state index contributed by atoms with van der Waals surface area (Å²) in [6.07, 6.45) is 13.4. The van der Waals surface area contributed by atoms with Crippen molar-refractivity contribution in [2.24, 2.45) is 0 Å². The maximum absolute atomic E-state index is 11.9. The van der Waals surface area contributed by atoms with Gasteiger partial charge in [0.15, 0.2) is 0 Å². The second kappa shape index (κ2) is 12.3. The molecule has 0 heterocycles. The van der Waals surface area contributed by atoms with E-state index in [1.165, 1.54) is 37.8 Å². The van der Waals surface area contributed by atoms with Crippen molar-refractivity contribution < 1.29 is 19.4 Å². The van der Waals surface area contributed by atoms with Gasteiger partial charge in [-0.15, -0.1) is 0 Å². The lowest BCUT2D eigenvalue weighted by Gasteiger charge is -2.06. The Labute approximate surface area is 144 Å². The summed E-state index contributed by atoms with van der Waals surface area (Å²) in [6, 6.07) is 6.11. The van der Waals surface area contributed by atoms with E-state index >= 15 is 0 Å². The Morgan fingerprint density at radius 2 is 1.58 bits per heavy atom. The number of allylic oxidation sites excluding steroid dienone is 2. The van der Waals surface area contributed by atoms with Gasteiger partial charge in [-0.05, 0) is 44.2 Å². The van der Waals surface area contributed by atoms with Crippen LogP contribution in [0, 0.1) is 0 Å². The molecule has 1 aromatic rings. The fourth-order valence-electron chi connectivity index (χ4n) is 2.38. The van der Waals surface area contributed by atoms with Crippen molar-refractivity contribution in [3.05, 3.63) is 47.5 Å². The van der Waals surface area contributed by atoms with E-state index in [4.69, 9.17) is 9.84 Å². The third-order valence-electron chi connectivity index (χ3n) is 3.77. The third-order valence-corrected chi connectivity index (χ3v) is 3.77. The van der Waals surface area contributed by atoms with Crippen LogP contribution in [0.2, 0.25) is 0 Å². The van der Waals surface area contributed by atoms with Crippen LogP contribution in [0.15, 0.2) is 36.4 Å².